The van der Waals surface area contributed by atoms with Crippen LogP contribution in [-0.2, 0) is 19.2 Å². The number of hydrogen-bond donors (Lipinski definition) is 7. The molecule has 0 saturated carbocycles. The quantitative estimate of drug-likeness (QED) is 0.205. The Morgan fingerprint density at radius 2 is 1.48 bits per heavy atom. The van der Waals surface area contributed by atoms with Gasteiger partial charge in [0.2, 0.25) is 17.7 Å². The highest BCUT2D eigenvalue weighted by Gasteiger charge is 2.27. The van der Waals surface area contributed by atoms with Gasteiger partial charge in [0.15, 0.2) is 0 Å². The minimum Gasteiger partial charge on any atom is -0.480 e. The van der Waals surface area contributed by atoms with Crippen LogP contribution < -0.4 is 21.7 Å². The summed E-state index contributed by atoms with van der Waals surface area (Å²) in [5.74, 6) is -3.54. The lowest BCUT2D eigenvalue weighted by Crippen LogP contribution is -2.57. The van der Waals surface area contributed by atoms with Crippen LogP contribution in [0, 0.1) is 5.92 Å². The number of thiol groups is 1. The number of hydrogen-bond acceptors (Lipinski definition) is 7. The number of carboxylic acids is 1. The van der Waals surface area contributed by atoms with Crippen LogP contribution >= 0.6 is 12.6 Å². The SMILES string of the molecule is CC(NC(=O)C(CS)NC(=O)C(N)C(C)C)C(=O)NC(CO)C(=O)O. The lowest BCUT2D eigenvalue weighted by Gasteiger charge is -2.23. The first kappa shape index (κ1) is 23.1. The molecule has 0 aliphatic rings. The predicted octanol–water partition coefficient (Wildman–Crippen LogP) is -2.55. The van der Waals surface area contributed by atoms with Crippen LogP contribution in [-0.4, -0.2) is 70.4 Å². The molecule has 0 aromatic heterocycles. The lowest BCUT2D eigenvalue weighted by molar-refractivity contribution is -0.143. The highest BCUT2D eigenvalue weighted by atomic mass is 32.1. The van der Waals surface area contributed by atoms with Gasteiger partial charge in [-0.1, -0.05) is 13.8 Å². The Labute approximate surface area is 151 Å². The zero-order valence-corrected chi connectivity index (χ0v) is 15.2. The van der Waals surface area contributed by atoms with E-state index in [9.17, 15) is 19.2 Å². The smallest absolute Gasteiger partial charge is 0.328 e. The molecule has 0 fully saturated rings. The Morgan fingerprint density at radius 1 is 0.960 bits per heavy atom. The van der Waals surface area contributed by atoms with Crippen LogP contribution in [0.2, 0.25) is 0 Å². The second-order valence-corrected chi connectivity index (χ2v) is 6.19. The molecule has 4 atom stereocenters. The zero-order valence-electron chi connectivity index (χ0n) is 14.4. The van der Waals surface area contributed by atoms with Crippen LogP contribution in [0.25, 0.3) is 0 Å². The van der Waals surface area contributed by atoms with E-state index in [1.807, 2.05) is 0 Å². The Kier molecular flexibility index (Phi) is 10.1. The number of amides is 3. The molecule has 0 radical (unpaired) electrons. The molecule has 0 aliphatic carbocycles. The molecular formula is C14H26N4O6S. The monoisotopic (exact) mass is 378 g/mol. The van der Waals surface area contributed by atoms with Crippen molar-refractivity contribution in [3.8, 4) is 0 Å². The van der Waals surface area contributed by atoms with E-state index in [0.29, 0.717) is 0 Å². The number of aliphatic hydroxyl groups excluding tert-OH is 1. The van der Waals surface area contributed by atoms with E-state index < -0.39 is 54.5 Å². The molecule has 0 aromatic rings. The van der Waals surface area contributed by atoms with Gasteiger partial charge in [0.05, 0.1) is 12.6 Å². The summed E-state index contributed by atoms with van der Waals surface area (Å²) in [5.41, 5.74) is 5.70. The Morgan fingerprint density at radius 3 is 1.88 bits per heavy atom. The van der Waals surface area contributed by atoms with E-state index >= 15 is 0 Å². The third-order valence-electron chi connectivity index (χ3n) is 3.39. The van der Waals surface area contributed by atoms with Crippen molar-refractivity contribution in [2.75, 3.05) is 12.4 Å². The van der Waals surface area contributed by atoms with Gasteiger partial charge in [-0.2, -0.15) is 12.6 Å². The van der Waals surface area contributed by atoms with Gasteiger partial charge in [-0.25, -0.2) is 4.79 Å². The maximum Gasteiger partial charge on any atom is 0.328 e. The summed E-state index contributed by atoms with van der Waals surface area (Å²) in [4.78, 5) is 46.7. The molecule has 4 unspecified atom stereocenters. The largest absolute Gasteiger partial charge is 0.480 e. The van der Waals surface area contributed by atoms with E-state index in [2.05, 4.69) is 28.6 Å². The molecule has 0 aromatic carbocycles. The van der Waals surface area contributed by atoms with Gasteiger partial charge in [0, 0.05) is 5.75 Å². The first-order valence-corrected chi connectivity index (χ1v) is 8.29. The average Bonchev–Trinajstić information content (AvgIpc) is 2.55. The highest BCUT2D eigenvalue weighted by molar-refractivity contribution is 7.80. The number of nitrogens with one attached hydrogen (secondary N) is 3. The molecule has 0 rings (SSSR count). The van der Waals surface area contributed by atoms with Crippen molar-refractivity contribution in [2.24, 2.45) is 11.7 Å². The van der Waals surface area contributed by atoms with Gasteiger partial charge in [-0.15, -0.1) is 0 Å². The minimum absolute atomic E-state index is 0.0227. The molecule has 0 saturated heterocycles. The topological polar surface area (TPSA) is 171 Å². The van der Waals surface area contributed by atoms with Gasteiger partial charge in [-0.05, 0) is 12.8 Å². The molecule has 0 heterocycles. The van der Waals surface area contributed by atoms with Crippen LogP contribution in [0.1, 0.15) is 20.8 Å². The molecule has 0 bridgehead atoms. The van der Waals surface area contributed by atoms with Crippen molar-refractivity contribution in [3.05, 3.63) is 0 Å². The molecule has 3 amide bonds. The molecule has 11 heteroatoms. The van der Waals surface area contributed by atoms with E-state index in [0.717, 1.165) is 0 Å². The number of carbonyl (C=O) groups is 4. The molecule has 0 aliphatic heterocycles. The molecule has 0 spiro atoms. The van der Waals surface area contributed by atoms with Crippen LogP contribution in [0.15, 0.2) is 0 Å². The molecular weight excluding hydrogens is 352 g/mol. The summed E-state index contributed by atoms with van der Waals surface area (Å²) < 4.78 is 0. The maximum atomic E-state index is 12.1. The number of carboxylic acid groups (broad SMARTS) is 1. The van der Waals surface area contributed by atoms with Gasteiger partial charge in [0.1, 0.15) is 18.1 Å². The second-order valence-electron chi connectivity index (χ2n) is 5.83. The van der Waals surface area contributed by atoms with Crippen molar-refractivity contribution < 1.29 is 29.4 Å². The van der Waals surface area contributed by atoms with Gasteiger partial charge < -0.3 is 31.9 Å². The number of aliphatic carboxylic acids is 1. The fourth-order valence-corrected chi connectivity index (χ4v) is 1.88. The van der Waals surface area contributed by atoms with Crippen molar-refractivity contribution in [1.29, 1.82) is 0 Å². The van der Waals surface area contributed by atoms with Gasteiger partial charge in [0.25, 0.3) is 0 Å². The summed E-state index contributed by atoms with van der Waals surface area (Å²) in [7, 11) is 0. The fraction of sp³-hybridized carbons (Fsp3) is 0.714. The number of nitrogens with two attached hydrogens (primary N) is 1. The molecule has 144 valence electrons. The first-order chi connectivity index (χ1) is 11.5. The average molecular weight is 378 g/mol. The number of rotatable bonds is 10. The summed E-state index contributed by atoms with van der Waals surface area (Å²) in [5, 5.41) is 24.5. The highest BCUT2D eigenvalue weighted by Crippen LogP contribution is 2.00. The second kappa shape index (κ2) is 10.9. The maximum absolute atomic E-state index is 12.1. The van der Waals surface area contributed by atoms with Crippen molar-refractivity contribution in [2.45, 2.75) is 44.9 Å². The third kappa shape index (κ3) is 7.71. The Balaban J connectivity index is 4.73. The van der Waals surface area contributed by atoms with Crippen molar-refractivity contribution >= 4 is 36.3 Å². The van der Waals surface area contributed by atoms with Gasteiger partial charge >= 0.3 is 5.97 Å². The predicted molar refractivity (Wildman–Crippen MR) is 92.9 cm³/mol. The fourth-order valence-electron chi connectivity index (χ4n) is 1.63. The Hall–Kier alpha value is -1.85. The van der Waals surface area contributed by atoms with Crippen LogP contribution in [0.3, 0.4) is 0 Å². The molecule has 25 heavy (non-hydrogen) atoms. The lowest BCUT2D eigenvalue weighted by atomic mass is 10.0. The summed E-state index contributed by atoms with van der Waals surface area (Å²) in [6.45, 7) is 4.06. The van der Waals surface area contributed by atoms with E-state index in [1.165, 1.54) is 6.92 Å². The summed E-state index contributed by atoms with van der Waals surface area (Å²) in [6, 6.07) is -4.36. The standard InChI is InChI=1S/C14H26N4O6S/c1-6(2)10(15)13(22)18-9(5-25)12(21)16-7(3)11(20)17-8(4-19)14(23)24/h6-10,19,25H,4-5,15H2,1-3H3,(H,16,21)(H,17,20)(H,18,22)(H,23,24). The molecule has 10 nitrogen and oxygen atoms in total. The number of aliphatic hydroxyl groups is 1. The Bertz CT molecular complexity index is 502. The van der Waals surface area contributed by atoms with E-state index in [1.54, 1.807) is 13.8 Å². The van der Waals surface area contributed by atoms with E-state index in [-0.39, 0.29) is 11.7 Å². The van der Waals surface area contributed by atoms with Crippen LogP contribution in [0.4, 0.5) is 0 Å². The summed E-state index contributed by atoms with van der Waals surface area (Å²) >= 11 is 3.99. The third-order valence-corrected chi connectivity index (χ3v) is 3.75. The van der Waals surface area contributed by atoms with Crippen LogP contribution in [0.5, 0.6) is 0 Å². The number of carbonyl (C=O) groups excluding carboxylic acids is 3. The normalized spacial score (nSPS) is 15.6. The molecule has 7 N–H and O–H groups in total. The van der Waals surface area contributed by atoms with Crippen molar-refractivity contribution in [3.63, 3.8) is 0 Å². The first-order valence-electron chi connectivity index (χ1n) is 7.66. The van der Waals surface area contributed by atoms with Crippen molar-refractivity contribution in [1.82, 2.24) is 16.0 Å². The zero-order chi connectivity index (χ0) is 19.7. The van der Waals surface area contributed by atoms with E-state index in [4.69, 9.17) is 15.9 Å². The van der Waals surface area contributed by atoms with Gasteiger partial charge in [-0.3, -0.25) is 14.4 Å². The minimum atomic E-state index is -1.48. The summed E-state index contributed by atoms with van der Waals surface area (Å²) in [6.07, 6.45) is 0.